The molecule has 0 radical (unpaired) electrons. The van der Waals surface area contributed by atoms with E-state index < -0.39 is 0 Å². The summed E-state index contributed by atoms with van der Waals surface area (Å²) in [5.74, 6) is 0. The van der Waals surface area contributed by atoms with Crippen molar-refractivity contribution in [3.8, 4) is 17.3 Å². The van der Waals surface area contributed by atoms with E-state index in [0.29, 0.717) is 5.56 Å². The van der Waals surface area contributed by atoms with Gasteiger partial charge in [0.05, 0.1) is 11.3 Å². The Balaban J connectivity index is 2.15. The van der Waals surface area contributed by atoms with Gasteiger partial charge in [-0.3, -0.25) is 4.98 Å². The van der Waals surface area contributed by atoms with Crippen molar-refractivity contribution in [3.05, 3.63) is 66.4 Å². The zero-order valence-electron chi connectivity index (χ0n) is 11.2. The molecule has 0 saturated carbocycles. The molecule has 0 aliphatic heterocycles. The van der Waals surface area contributed by atoms with E-state index in [1.807, 2.05) is 54.6 Å². The highest BCUT2D eigenvalue weighted by Gasteiger charge is 2.14. The van der Waals surface area contributed by atoms with E-state index in [2.05, 4.69) is 16.0 Å². The molecule has 4 rings (SSSR count). The molecule has 21 heavy (non-hydrogen) atoms. The molecular weight excluding hydrogens is 258 g/mol. The van der Waals surface area contributed by atoms with Crippen molar-refractivity contribution in [1.82, 2.24) is 9.97 Å². The molecule has 0 spiro atoms. The molecule has 1 N–H and O–H groups in total. The Kier molecular flexibility index (Phi) is 2.48. The Bertz CT molecular complexity index is 992. The number of benzene rings is 2. The lowest BCUT2D eigenvalue weighted by molar-refractivity contribution is 1.32. The van der Waals surface area contributed by atoms with Gasteiger partial charge in [0.15, 0.2) is 0 Å². The summed E-state index contributed by atoms with van der Waals surface area (Å²) in [5.41, 5.74) is 4.38. The molecule has 0 unspecified atom stereocenters. The lowest BCUT2D eigenvalue weighted by atomic mass is 9.99. The number of H-pyrrole nitrogens is 1. The van der Waals surface area contributed by atoms with E-state index in [1.54, 1.807) is 6.20 Å². The van der Waals surface area contributed by atoms with Crippen LogP contribution in [0.25, 0.3) is 33.1 Å². The number of rotatable bonds is 1. The SMILES string of the molecule is N#Cc1c(-c2ccccn2)ccc2[nH]c3ccccc3c12. The molecule has 2 heterocycles. The number of nitriles is 1. The molecule has 0 bridgehead atoms. The summed E-state index contributed by atoms with van der Waals surface area (Å²) in [5, 5.41) is 11.7. The van der Waals surface area contributed by atoms with Crippen molar-refractivity contribution in [2.24, 2.45) is 0 Å². The third-order valence-electron chi connectivity index (χ3n) is 3.72. The number of pyridine rings is 1. The van der Waals surface area contributed by atoms with Gasteiger partial charge in [-0.05, 0) is 30.3 Å². The van der Waals surface area contributed by atoms with Crippen LogP contribution in [0.4, 0.5) is 0 Å². The molecule has 2 aromatic heterocycles. The van der Waals surface area contributed by atoms with Gasteiger partial charge in [0.1, 0.15) is 6.07 Å². The molecule has 98 valence electrons. The van der Waals surface area contributed by atoms with Crippen LogP contribution in [0, 0.1) is 11.3 Å². The summed E-state index contributed by atoms with van der Waals surface area (Å²) in [6.07, 6.45) is 1.75. The molecule has 0 aliphatic carbocycles. The summed E-state index contributed by atoms with van der Waals surface area (Å²) in [4.78, 5) is 7.73. The molecule has 0 saturated heterocycles. The summed E-state index contributed by atoms with van der Waals surface area (Å²) < 4.78 is 0. The molecule has 0 aliphatic rings. The Labute approximate surface area is 121 Å². The zero-order chi connectivity index (χ0) is 14.2. The highest BCUT2D eigenvalue weighted by atomic mass is 14.7. The molecule has 0 fully saturated rings. The minimum atomic E-state index is 0.670. The van der Waals surface area contributed by atoms with Crippen LogP contribution in [0.2, 0.25) is 0 Å². The normalized spacial score (nSPS) is 10.8. The van der Waals surface area contributed by atoms with Gasteiger partial charge in [0.2, 0.25) is 0 Å². The zero-order valence-corrected chi connectivity index (χ0v) is 11.2. The van der Waals surface area contributed by atoms with Crippen LogP contribution in [0.3, 0.4) is 0 Å². The second-order valence-electron chi connectivity index (χ2n) is 4.91. The molecule has 0 amide bonds. The second kappa shape index (κ2) is 4.46. The number of nitrogens with one attached hydrogen (secondary N) is 1. The Hall–Kier alpha value is -3.12. The maximum atomic E-state index is 9.66. The van der Waals surface area contributed by atoms with Gasteiger partial charge in [-0.15, -0.1) is 0 Å². The highest BCUT2D eigenvalue weighted by molar-refractivity contribution is 6.11. The summed E-state index contributed by atoms with van der Waals surface area (Å²) in [7, 11) is 0. The van der Waals surface area contributed by atoms with E-state index in [4.69, 9.17) is 0 Å². The first-order chi connectivity index (χ1) is 10.4. The largest absolute Gasteiger partial charge is 0.354 e. The molecule has 2 aromatic carbocycles. The van der Waals surface area contributed by atoms with Crippen LogP contribution in [-0.2, 0) is 0 Å². The number of hydrogen-bond donors (Lipinski definition) is 1. The first kappa shape index (κ1) is 11.7. The maximum absolute atomic E-state index is 9.66. The van der Waals surface area contributed by atoms with Crippen molar-refractivity contribution in [3.63, 3.8) is 0 Å². The first-order valence-corrected chi connectivity index (χ1v) is 6.73. The van der Waals surface area contributed by atoms with Crippen LogP contribution in [0.1, 0.15) is 5.56 Å². The van der Waals surface area contributed by atoms with Crippen LogP contribution in [0.5, 0.6) is 0 Å². The lowest BCUT2D eigenvalue weighted by Crippen LogP contribution is -1.88. The summed E-state index contributed by atoms with van der Waals surface area (Å²) in [6, 6.07) is 20.1. The highest BCUT2D eigenvalue weighted by Crippen LogP contribution is 2.33. The molecule has 3 nitrogen and oxygen atoms in total. The Morgan fingerprint density at radius 1 is 0.905 bits per heavy atom. The van der Waals surface area contributed by atoms with E-state index in [-0.39, 0.29) is 0 Å². The molecule has 0 atom stereocenters. The van der Waals surface area contributed by atoms with Crippen LogP contribution < -0.4 is 0 Å². The second-order valence-corrected chi connectivity index (χ2v) is 4.91. The van der Waals surface area contributed by atoms with Crippen LogP contribution in [0.15, 0.2) is 60.8 Å². The average molecular weight is 269 g/mol. The van der Waals surface area contributed by atoms with Crippen molar-refractivity contribution < 1.29 is 0 Å². The van der Waals surface area contributed by atoms with Crippen LogP contribution in [-0.4, -0.2) is 9.97 Å². The van der Waals surface area contributed by atoms with Gasteiger partial charge in [0, 0.05) is 33.6 Å². The van der Waals surface area contributed by atoms with Crippen molar-refractivity contribution in [2.45, 2.75) is 0 Å². The fourth-order valence-electron chi connectivity index (χ4n) is 2.79. The maximum Gasteiger partial charge on any atom is 0.101 e. The number of nitrogens with zero attached hydrogens (tertiary/aromatic N) is 2. The first-order valence-electron chi connectivity index (χ1n) is 6.73. The van der Waals surface area contributed by atoms with Crippen LogP contribution >= 0.6 is 0 Å². The summed E-state index contributed by atoms with van der Waals surface area (Å²) >= 11 is 0. The fraction of sp³-hybridized carbons (Fsp3) is 0. The number of aromatic nitrogens is 2. The summed E-state index contributed by atoms with van der Waals surface area (Å²) in [6.45, 7) is 0. The van der Waals surface area contributed by atoms with Crippen molar-refractivity contribution in [2.75, 3.05) is 0 Å². The average Bonchev–Trinajstić information content (AvgIpc) is 2.93. The predicted molar refractivity (Wildman–Crippen MR) is 83.8 cm³/mol. The standard InChI is InChI=1S/C18H11N3/c19-11-14-12(15-6-3-4-10-20-15)8-9-17-18(14)13-5-1-2-7-16(13)21-17/h1-10,21H. The van der Waals surface area contributed by atoms with E-state index in [9.17, 15) is 5.26 Å². The molecule has 4 aromatic rings. The van der Waals surface area contributed by atoms with Gasteiger partial charge in [-0.1, -0.05) is 24.3 Å². The van der Waals surface area contributed by atoms with E-state index in [0.717, 1.165) is 33.1 Å². The fourth-order valence-corrected chi connectivity index (χ4v) is 2.79. The van der Waals surface area contributed by atoms with E-state index >= 15 is 0 Å². The predicted octanol–water partition coefficient (Wildman–Crippen LogP) is 4.25. The monoisotopic (exact) mass is 269 g/mol. The number of hydrogen-bond acceptors (Lipinski definition) is 2. The third-order valence-corrected chi connectivity index (χ3v) is 3.72. The van der Waals surface area contributed by atoms with Gasteiger partial charge in [-0.2, -0.15) is 5.26 Å². The topological polar surface area (TPSA) is 52.5 Å². The minimum absolute atomic E-state index is 0.670. The van der Waals surface area contributed by atoms with Gasteiger partial charge < -0.3 is 4.98 Å². The quantitative estimate of drug-likeness (QED) is 0.561. The Morgan fingerprint density at radius 3 is 2.57 bits per heavy atom. The van der Waals surface area contributed by atoms with Gasteiger partial charge in [-0.25, -0.2) is 0 Å². The Morgan fingerprint density at radius 2 is 1.76 bits per heavy atom. The smallest absolute Gasteiger partial charge is 0.101 e. The van der Waals surface area contributed by atoms with Gasteiger partial charge in [0.25, 0.3) is 0 Å². The lowest BCUT2D eigenvalue weighted by Gasteiger charge is -2.04. The third kappa shape index (κ3) is 1.70. The molecule has 3 heteroatoms. The van der Waals surface area contributed by atoms with Gasteiger partial charge >= 0.3 is 0 Å². The van der Waals surface area contributed by atoms with E-state index in [1.165, 1.54) is 0 Å². The van der Waals surface area contributed by atoms with Crippen molar-refractivity contribution in [1.29, 1.82) is 5.26 Å². The van der Waals surface area contributed by atoms with Crippen molar-refractivity contribution >= 4 is 21.8 Å². The number of para-hydroxylation sites is 1. The minimum Gasteiger partial charge on any atom is -0.354 e. The number of fused-ring (bicyclic) bond motifs is 3. The molecular formula is C18H11N3. The number of aromatic amines is 1.